The van der Waals surface area contributed by atoms with Gasteiger partial charge in [-0.3, -0.25) is 4.79 Å². The minimum atomic E-state index is 0.0605. The van der Waals surface area contributed by atoms with Crippen molar-refractivity contribution in [2.24, 2.45) is 5.92 Å². The molecule has 1 N–H and O–H groups in total. The van der Waals surface area contributed by atoms with Crippen molar-refractivity contribution in [3.63, 3.8) is 0 Å². The summed E-state index contributed by atoms with van der Waals surface area (Å²) in [7, 11) is 1.83. The molecule has 0 aliphatic heterocycles. The molecule has 2 nitrogen and oxygen atoms in total. The van der Waals surface area contributed by atoms with E-state index in [-0.39, 0.29) is 6.04 Å². The van der Waals surface area contributed by atoms with Gasteiger partial charge in [-0.1, -0.05) is 6.42 Å². The van der Waals surface area contributed by atoms with Crippen LogP contribution in [0.1, 0.15) is 26.2 Å². The minimum absolute atomic E-state index is 0.0605. The van der Waals surface area contributed by atoms with Crippen LogP contribution in [0.3, 0.4) is 0 Å². The Balaban J connectivity index is 2.32. The highest BCUT2D eigenvalue weighted by Gasteiger charge is 2.27. The van der Waals surface area contributed by atoms with Gasteiger partial charge in [-0.05, 0) is 26.8 Å². The van der Waals surface area contributed by atoms with Gasteiger partial charge in [0, 0.05) is 5.92 Å². The molecule has 1 aliphatic carbocycles. The highest BCUT2D eigenvalue weighted by Crippen LogP contribution is 2.27. The number of hydrogen-bond acceptors (Lipinski definition) is 2. The van der Waals surface area contributed by atoms with Crippen molar-refractivity contribution in [2.75, 3.05) is 7.05 Å². The third-order valence-electron chi connectivity index (χ3n) is 2.37. The van der Waals surface area contributed by atoms with Gasteiger partial charge in [-0.2, -0.15) is 0 Å². The van der Waals surface area contributed by atoms with Gasteiger partial charge in [-0.15, -0.1) is 0 Å². The molecule has 2 heteroatoms. The molecule has 0 unspecified atom stereocenters. The van der Waals surface area contributed by atoms with E-state index >= 15 is 0 Å². The van der Waals surface area contributed by atoms with Crippen LogP contribution in [0.15, 0.2) is 0 Å². The number of hydrogen-bond donors (Lipinski definition) is 1. The third kappa shape index (κ3) is 1.37. The summed E-state index contributed by atoms with van der Waals surface area (Å²) in [6.07, 6.45) is 3.47. The molecule has 0 bridgehead atoms. The summed E-state index contributed by atoms with van der Waals surface area (Å²) in [5.41, 5.74) is 0. The number of carbonyl (C=O) groups is 1. The fourth-order valence-corrected chi connectivity index (χ4v) is 1.19. The Bertz CT molecular complexity index is 122. The molecule has 1 fully saturated rings. The summed E-state index contributed by atoms with van der Waals surface area (Å²) in [6, 6.07) is 0.0605. The first-order chi connectivity index (χ1) is 4.75. The van der Waals surface area contributed by atoms with Gasteiger partial charge in [0.25, 0.3) is 0 Å². The molecule has 1 rings (SSSR count). The Morgan fingerprint density at radius 1 is 1.60 bits per heavy atom. The quantitative estimate of drug-likeness (QED) is 0.634. The first-order valence-corrected chi connectivity index (χ1v) is 3.96. The zero-order chi connectivity index (χ0) is 7.56. The standard InChI is InChI=1S/C8H15NO/c1-6(9-2)8(10)7-4-3-5-7/h6-7,9H,3-5H2,1-2H3/t6-/m0/s1. The number of likely N-dealkylation sites (N-methyl/N-ethyl adjacent to an activating group) is 1. The highest BCUT2D eigenvalue weighted by molar-refractivity contribution is 5.86. The predicted molar refractivity (Wildman–Crippen MR) is 40.9 cm³/mol. The molecular formula is C8H15NO. The molecule has 1 saturated carbocycles. The van der Waals surface area contributed by atoms with Crippen molar-refractivity contribution in [2.45, 2.75) is 32.2 Å². The summed E-state index contributed by atoms with van der Waals surface area (Å²) >= 11 is 0. The van der Waals surface area contributed by atoms with E-state index in [9.17, 15) is 4.79 Å². The average molecular weight is 141 g/mol. The van der Waals surface area contributed by atoms with Crippen molar-refractivity contribution >= 4 is 5.78 Å². The number of carbonyl (C=O) groups excluding carboxylic acids is 1. The maximum atomic E-state index is 11.3. The summed E-state index contributed by atoms with van der Waals surface area (Å²) in [5.74, 6) is 0.774. The largest absolute Gasteiger partial charge is 0.311 e. The van der Waals surface area contributed by atoms with Crippen LogP contribution < -0.4 is 5.32 Å². The molecule has 58 valence electrons. The van der Waals surface area contributed by atoms with Crippen LogP contribution in [0.4, 0.5) is 0 Å². The van der Waals surface area contributed by atoms with Gasteiger partial charge in [0.05, 0.1) is 6.04 Å². The van der Waals surface area contributed by atoms with E-state index in [0.717, 1.165) is 12.8 Å². The van der Waals surface area contributed by atoms with E-state index in [0.29, 0.717) is 11.7 Å². The summed E-state index contributed by atoms with van der Waals surface area (Å²) in [5, 5.41) is 2.96. The Kier molecular flexibility index (Phi) is 2.44. The molecular weight excluding hydrogens is 126 g/mol. The number of ketones is 1. The first kappa shape index (κ1) is 7.73. The Morgan fingerprint density at radius 3 is 2.50 bits per heavy atom. The Morgan fingerprint density at radius 2 is 2.20 bits per heavy atom. The molecule has 0 aromatic heterocycles. The van der Waals surface area contributed by atoms with E-state index in [1.165, 1.54) is 6.42 Å². The topological polar surface area (TPSA) is 29.1 Å². The fourth-order valence-electron chi connectivity index (χ4n) is 1.19. The Labute approximate surface area is 62.0 Å². The lowest BCUT2D eigenvalue weighted by Crippen LogP contribution is -2.38. The Hall–Kier alpha value is -0.370. The molecule has 0 radical (unpaired) electrons. The van der Waals surface area contributed by atoms with Crippen LogP contribution in [0.2, 0.25) is 0 Å². The summed E-state index contributed by atoms with van der Waals surface area (Å²) < 4.78 is 0. The van der Waals surface area contributed by atoms with Crippen molar-refractivity contribution in [3.8, 4) is 0 Å². The molecule has 0 saturated heterocycles. The maximum Gasteiger partial charge on any atom is 0.152 e. The van der Waals surface area contributed by atoms with E-state index in [1.807, 2.05) is 14.0 Å². The smallest absolute Gasteiger partial charge is 0.152 e. The predicted octanol–water partition coefficient (Wildman–Crippen LogP) is 0.963. The van der Waals surface area contributed by atoms with Crippen LogP contribution in [-0.2, 0) is 4.79 Å². The van der Waals surface area contributed by atoms with Crippen LogP contribution >= 0.6 is 0 Å². The van der Waals surface area contributed by atoms with E-state index in [4.69, 9.17) is 0 Å². The van der Waals surface area contributed by atoms with Gasteiger partial charge in [0.2, 0.25) is 0 Å². The van der Waals surface area contributed by atoms with Gasteiger partial charge in [-0.25, -0.2) is 0 Å². The number of rotatable bonds is 3. The minimum Gasteiger partial charge on any atom is -0.311 e. The van der Waals surface area contributed by atoms with Crippen LogP contribution in [0.25, 0.3) is 0 Å². The summed E-state index contributed by atoms with van der Waals surface area (Å²) in [6.45, 7) is 1.93. The molecule has 0 aromatic rings. The zero-order valence-electron chi connectivity index (χ0n) is 6.68. The SMILES string of the molecule is CN[C@@H](C)C(=O)C1CCC1. The van der Waals surface area contributed by atoms with Crippen molar-refractivity contribution in [1.29, 1.82) is 0 Å². The van der Waals surface area contributed by atoms with Crippen LogP contribution in [0, 0.1) is 5.92 Å². The van der Waals surface area contributed by atoms with Crippen molar-refractivity contribution in [1.82, 2.24) is 5.32 Å². The lowest BCUT2D eigenvalue weighted by atomic mass is 9.80. The molecule has 0 amide bonds. The van der Waals surface area contributed by atoms with Crippen molar-refractivity contribution in [3.05, 3.63) is 0 Å². The summed E-state index contributed by atoms with van der Waals surface area (Å²) in [4.78, 5) is 11.3. The number of Topliss-reactive ketones (excluding diaryl/α,β-unsaturated/α-hetero) is 1. The van der Waals surface area contributed by atoms with Gasteiger partial charge >= 0.3 is 0 Å². The molecule has 0 spiro atoms. The third-order valence-corrected chi connectivity index (χ3v) is 2.37. The monoisotopic (exact) mass is 141 g/mol. The second-order valence-electron chi connectivity index (χ2n) is 3.04. The molecule has 0 heterocycles. The second-order valence-corrected chi connectivity index (χ2v) is 3.04. The first-order valence-electron chi connectivity index (χ1n) is 3.96. The average Bonchev–Trinajstić information content (AvgIpc) is 1.82. The van der Waals surface area contributed by atoms with Crippen molar-refractivity contribution < 1.29 is 4.79 Å². The molecule has 10 heavy (non-hydrogen) atoms. The van der Waals surface area contributed by atoms with E-state index in [1.54, 1.807) is 0 Å². The van der Waals surface area contributed by atoms with E-state index in [2.05, 4.69) is 5.32 Å². The normalized spacial score (nSPS) is 21.8. The molecule has 1 aliphatic rings. The number of nitrogens with one attached hydrogen (secondary N) is 1. The molecule has 0 aromatic carbocycles. The molecule has 1 atom stereocenters. The lowest BCUT2D eigenvalue weighted by Gasteiger charge is -2.26. The second kappa shape index (κ2) is 3.15. The lowest BCUT2D eigenvalue weighted by molar-refractivity contribution is -0.126. The zero-order valence-corrected chi connectivity index (χ0v) is 6.68. The van der Waals surface area contributed by atoms with Gasteiger partial charge in [0.15, 0.2) is 5.78 Å². The van der Waals surface area contributed by atoms with E-state index < -0.39 is 0 Å². The maximum absolute atomic E-state index is 11.3. The van der Waals surface area contributed by atoms with Crippen LogP contribution in [-0.4, -0.2) is 18.9 Å². The van der Waals surface area contributed by atoms with Gasteiger partial charge in [0.1, 0.15) is 0 Å². The highest BCUT2D eigenvalue weighted by atomic mass is 16.1. The van der Waals surface area contributed by atoms with Gasteiger partial charge < -0.3 is 5.32 Å². The fraction of sp³-hybridized carbons (Fsp3) is 0.875. The van der Waals surface area contributed by atoms with Crippen LogP contribution in [0.5, 0.6) is 0 Å².